The van der Waals surface area contributed by atoms with Crippen molar-refractivity contribution in [2.45, 2.75) is 6.61 Å². The van der Waals surface area contributed by atoms with Gasteiger partial charge in [-0.1, -0.05) is 11.6 Å². The monoisotopic (exact) mass is 231 g/mol. The first kappa shape index (κ1) is 10.4. The average Bonchev–Trinajstić information content (AvgIpc) is 2.67. The summed E-state index contributed by atoms with van der Waals surface area (Å²) < 4.78 is 15.6. The maximum absolute atomic E-state index is 6.07. The second-order valence-corrected chi connectivity index (χ2v) is 3.31. The van der Waals surface area contributed by atoms with Crippen molar-refractivity contribution in [3.8, 4) is 17.2 Å². The molecule has 0 aliphatic carbocycles. The van der Waals surface area contributed by atoms with Crippen LogP contribution in [0.2, 0.25) is 5.02 Å². The fourth-order valence-corrected chi connectivity index (χ4v) is 1.80. The summed E-state index contributed by atoms with van der Waals surface area (Å²) in [6.45, 7) is 0.352. The van der Waals surface area contributed by atoms with E-state index in [2.05, 4.69) is 4.84 Å². The number of halogens is 1. The number of hydrogen-bond acceptors (Lipinski definition) is 5. The van der Waals surface area contributed by atoms with Crippen molar-refractivity contribution in [2.75, 3.05) is 13.9 Å². The van der Waals surface area contributed by atoms with Gasteiger partial charge in [0.2, 0.25) is 6.79 Å². The van der Waals surface area contributed by atoms with Crippen LogP contribution in [-0.4, -0.2) is 13.9 Å². The minimum Gasteiger partial charge on any atom is -0.495 e. The molecule has 0 atom stereocenters. The van der Waals surface area contributed by atoms with Crippen LogP contribution in [0.25, 0.3) is 0 Å². The van der Waals surface area contributed by atoms with E-state index in [4.69, 9.17) is 31.7 Å². The van der Waals surface area contributed by atoms with Crippen LogP contribution in [0.5, 0.6) is 17.2 Å². The Hall–Kier alpha value is -1.17. The topological polar surface area (TPSA) is 62.9 Å². The quantitative estimate of drug-likeness (QED) is 0.798. The van der Waals surface area contributed by atoms with Crippen molar-refractivity contribution in [1.29, 1.82) is 0 Å². The molecule has 0 radical (unpaired) electrons. The molecule has 0 saturated heterocycles. The Morgan fingerprint density at radius 1 is 1.53 bits per heavy atom. The van der Waals surface area contributed by atoms with E-state index in [0.717, 1.165) is 0 Å². The maximum atomic E-state index is 6.07. The van der Waals surface area contributed by atoms with Gasteiger partial charge in [0.05, 0.1) is 13.7 Å². The molecule has 1 aromatic rings. The highest BCUT2D eigenvalue weighted by Crippen LogP contribution is 2.46. The molecule has 0 spiro atoms. The van der Waals surface area contributed by atoms with Crippen LogP contribution >= 0.6 is 11.6 Å². The van der Waals surface area contributed by atoms with E-state index < -0.39 is 0 Å². The number of nitrogens with two attached hydrogens (primary N) is 1. The molecule has 2 N–H and O–H groups in total. The lowest BCUT2D eigenvalue weighted by Gasteiger charge is -2.11. The highest BCUT2D eigenvalue weighted by Gasteiger charge is 2.23. The summed E-state index contributed by atoms with van der Waals surface area (Å²) in [7, 11) is 1.52. The Morgan fingerprint density at radius 3 is 3.00 bits per heavy atom. The van der Waals surface area contributed by atoms with E-state index in [1.807, 2.05) is 0 Å². The third kappa shape index (κ3) is 1.69. The second kappa shape index (κ2) is 4.14. The van der Waals surface area contributed by atoms with Gasteiger partial charge in [-0.3, -0.25) is 4.84 Å². The summed E-state index contributed by atoms with van der Waals surface area (Å²) >= 11 is 6.07. The molecule has 0 saturated carbocycles. The molecule has 6 heteroatoms. The zero-order valence-corrected chi connectivity index (χ0v) is 8.84. The Morgan fingerprint density at radius 2 is 2.33 bits per heavy atom. The molecule has 1 aliphatic heterocycles. The van der Waals surface area contributed by atoms with E-state index >= 15 is 0 Å². The van der Waals surface area contributed by atoms with Crippen LogP contribution in [0, 0.1) is 0 Å². The summed E-state index contributed by atoms with van der Waals surface area (Å²) in [5, 5.41) is 0.375. The molecule has 0 bridgehead atoms. The lowest BCUT2D eigenvalue weighted by Crippen LogP contribution is -2.01. The molecule has 1 heterocycles. The Kier molecular flexibility index (Phi) is 2.86. The fourth-order valence-electron chi connectivity index (χ4n) is 1.45. The SMILES string of the molecule is COc1c(CON)cc2c(c1Cl)OCO2. The third-order valence-electron chi connectivity index (χ3n) is 2.08. The van der Waals surface area contributed by atoms with Gasteiger partial charge in [-0.2, -0.15) is 0 Å². The fraction of sp³-hybridized carbons (Fsp3) is 0.333. The number of fused-ring (bicyclic) bond motifs is 1. The molecular weight excluding hydrogens is 222 g/mol. The average molecular weight is 232 g/mol. The summed E-state index contributed by atoms with van der Waals surface area (Å²) in [6, 6.07) is 1.74. The van der Waals surface area contributed by atoms with Crippen molar-refractivity contribution >= 4 is 11.6 Å². The van der Waals surface area contributed by atoms with Gasteiger partial charge < -0.3 is 14.2 Å². The van der Waals surface area contributed by atoms with Crippen molar-refractivity contribution in [2.24, 2.45) is 5.90 Å². The Bertz CT molecular complexity index is 383. The third-order valence-corrected chi connectivity index (χ3v) is 2.42. The first-order chi connectivity index (χ1) is 7.27. The van der Waals surface area contributed by atoms with Gasteiger partial charge in [0.15, 0.2) is 11.5 Å². The highest BCUT2D eigenvalue weighted by molar-refractivity contribution is 6.34. The lowest BCUT2D eigenvalue weighted by atomic mass is 10.2. The van der Waals surface area contributed by atoms with Crippen LogP contribution < -0.4 is 20.1 Å². The van der Waals surface area contributed by atoms with Gasteiger partial charge in [-0.05, 0) is 6.07 Å². The predicted octanol–water partition coefficient (Wildman–Crippen LogP) is 1.47. The van der Waals surface area contributed by atoms with Gasteiger partial charge in [-0.25, -0.2) is 5.90 Å². The minimum absolute atomic E-state index is 0.158. The molecule has 0 fully saturated rings. The molecular formula is C9H10ClNO4. The lowest BCUT2D eigenvalue weighted by molar-refractivity contribution is 0.122. The first-order valence-corrected chi connectivity index (χ1v) is 4.62. The predicted molar refractivity (Wildman–Crippen MR) is 53.1 cm³/mol. The van der Waals surface area contributed by atoms with Gasteiger partial charge in [0.1, 0.15) is 10.8 Å². The normalized spacial score (nSPS) is 13.0. The molecule has 5 nitrogen and oxygen atoms in total. The van der Waals surface area contributed by atoms with Gasteiger partial charge in [0.25, 0.3) is 0 Å². The molecule has 0 unspecified atom stereocenters. The minimum atomic E-state index is 0.158. The van der Waals surface area contributed by atoms with Crippen LogP contribution in [0.1, 0.15) is 5.56 Å². The molecule has 0 aromatic heterocycles. The van der Waals surface area contributed by atoms with Crippen LogP contribution in [0.15, 0.2) is 6.07 Å². The van der Waals surface area contributed by atoms with E-state index in [9.17, 15) is 0 Å². The Labute approximate surface area is 91.6 Å². The van der Waals surface area contributed by atoms with Crippen LogP contribution in [0.3, 0.4) is 0 Å². The molecule has 1 aromatic carbocycles. The van der Waals surface area contributed by atoms with Crippen molar-refractivity contribution < 1.29 is 19.0 Å². The van der Waals surface area contributed by atoms with E-state index in [1.54, 1.807) is 6.07 Å². The standard InChI is InChI=1S/C9H10ClNO4/c1-12-8-5(3-15-11)2-6-9(7(8)10)14-4-13-6/h2H,3-4,11H2,1H3. The zero-order valence-electron chi connectivity index (χ0n) is 8.08. The van der Waals surface area contributed by atoms with E-state index in [1.165, 1.54) is 7.11 Å². The molecule has 15 heavy (non-hydrogen) atoms. The van der Waals surface area contributed by atoms with Crippen LogP contribution in [0.4, 0.5) is 0 Å². The number of benzene rings is 1. The maximum Gasteiger partial charge on any atom is 0.231 e. The zero-order chi connectivity index (χ0) is 10.8. The summed E-state index contributed by atoms with van der Waals surface area (Å²) in [5.41, 5.74) is 0.717. The van der Waals surface area contributed by atoms with Gasteiger partial charge >= 0.3 is 0 Å². The van der Waals surface area contributed by atoms with Crippen LogP contribution in [-0.2, 0) is 11.4 Å². The largest absolute Gasteiger partial charge is 0.495 e. The van der Waals surface area contributed by atoms with Crippen molar-refractivity contribution in [1.82, 2.24) is 0 Å². The number of rotatable bonds is 3. The smallest absolute Gasteiger partial charge is 0.231 e. The van der Waals surface area contributed by atoms with Crippen molar-refractivity contribution in [3.05, 3.63) is 16.7 Å². The molecule has 2 rings (SSSR count). The summed E-state index contributed by atoms with van der Waals surface area (Å²) in [5.74, 6) is 6.57. The highest BCUT2D eigenvalue weighted by atomic mass is 35.5. The Balaban J connectivity index is 2.51. The van der Waals surface area contributed by atoms with E-state index in [-0.39, 0.29) is 13.4 Å². The van der Waals surface area contributed by atoms with Gasteiger partial charge in [-0.15, -0.1) is 0 Å². The van der Waals surface area contributed by atoms with Gasteiger partial charge in [0, 0.05) is 5.56 Å². The molecule has 1 aliphatic rings. The number of ether oxygens (including phenoxy) is 3. The second-order valence-electron chi connectivity index (χ2n) is 2.93. The summed E-state index contributed by atoms with van der Waals surface area (Å²) in [6.07, 6.45) is 0. The number of hydrogen-bond donors (Lipinski definition) is 1. The molecule has 82 valence electrons. The number of methoxy groups -OCH3 is 1. The summed E-state index contributed by atoms with van der Waals surface area (Å²) in [4.78, 5) is 4.55. The van der Waals surface area contributed by atoms with E-state index in [0.29, 0.717) is 27.8 Å². The molecule has 0 amide bonds. The first-order valence-electron chi connectivity index (χ1n) is 4.24. The van der Waals surface area contributed by atoms with Crippen molar-refractivity contribution in [3.63, 3.8) is 0 Å².